The highest BCUT2D eigenvalue weighted by molar-refractivity contribution is 5.50. The number of aliphatic hydroxyl groups excluding tert-OH is 1. The fourth-order valence-electron chi connectivity index (χ4n) is 1.87. The van der Waals surface area contributed by atoms with E-state index in [2.05, 4.69) is 5.10 Å². The number of methoxy groups -OCH3 is 1. The largest absolute Gasteiger partial charge is 0.496 e. The van der Waals surface area contributed by atoms with E-state index in [0.717, 1.165) is 16.8 Å². The Kier molecular flexibility index (Phi) is 3.15. The van der Waals surface area contributed by atoms with E-state index in [1.54, 1.807) is 24.9 Å². The van der Waals surface area contributed by atoms with Crippen LogP contribution in [0.2, 0.25) is 0 Å². The summed E-state index contributed by atoms with van der Waals surface area (Å²) in [5, 5.41) is 14.1. The van der Waals surface area contributed by atoms with Gasteiger partial charge in [0.25, 0.3) is 0 Å². The Morgan fingerprint density at radius 3 is 2.71 bits per heavy atom. The minimum atomic E-state index is -0.606. The first-order valence-electron chi connectivity index (χ1n) is 5.50. The molecule has 0 aliphatic rings. The van der Waals surface area contributed by atoms with Gasteiger partial charge in [0.05, 0.1) is 25.1 Å². The summed E-state index contributed by atoms with van der Waals surface area (Å²) in [6, 6.07) is 5.63. The molecular weight excluding hydrogens is 216 g/mol. The van der Waals surface area contributed by atoms with E-state index in [1.807, 2.05) is 31.3 Å². The minimum Gasteiger partial charge on any atom is -0.496 e. The van der Waals surface area contributed by atoms with Crippen LogP contribution in [0, 0.1) is 6.92 Å². The van der Waals surface area contributed by atoms with Crippen molar-refractivity contribution in [3.05, 3.63) is 41.7 Å². The third-order valence-electron chi connectivity index (χ3n) is 2.64. The molecule has 1 aromatic heterocycles. The van der Waals surface area contributed by atoms with Crippen LogP contribution in [0.4, 0.5) is 0 Å². The second kappa shape index (κ2) is 4.59. The highest BCUT2D eigenvalue weighted by Gasteiger charge is 2.15. The Balaban J connectivity index is 2.60. The van der Waals surface area contributed by atoms with Crippen molar-refractivity contribution in [2.75, 3.05) is 7.11 Å². The minimum absolute atomic E-state index is 0.606. The summed E-state index contributed by atoms with van der Waals surface area (Å²) < 4.78 is 7.02. The van der Waals surface area contributed by atoms with Gasteiger partial charge in [-0.25, -0.2) is 4.68 Å². The van der Waals surface area contributed by atoms with Crippen LogP contribution in [-0.2, 0) is 0 Å². The Morgan fingerprint density at radius 2 is 2.18 bits per heavy atom. The summed E-state index contributed by atoms with van der Waals surface area (Å²) in [6.07, 6.45) is 3.09. The van der Waals surface area contributed by atoms with E-state index >= 15 is 0 Å². The molecule has 90 valence electrons. The van der Waals surface area contributed by atoms with Gasteiger partial charge in [-0.2, -0.15) is 5.10 Å². The first kappa shape index (κ1) is 11.7. The normalized spacial score (nSPS) is 12.5. The van der Waals surface area contributed by atoms with Crippen LogP contribution in [0.3, 0.4) is 0 Å². The number of aromatic nitrogens is 2. The van der Waals surface area contributed by atoms with Gasteiger partial charge in [-0.3, -0.25) is 0 Å². The maximum Gasteiger partial charge on any atom is 0.126 e. The number of rotatable bonds is 3. The van der Waals surface area contributed by atoms with Crippen LogP contribution in [0.5, 0.6) is 5.75 Å². The predicted molar refractivity (Wildman–Crippen MR) is 65.5 cm³/mol. The summed E-state index contributed by atoms with van der Waals surface area (Å²) in [7, 11) is 1.60. The van der Waals surface area contributed by atoms with E-state index in [0.29, 0.717) is 5.75 Å². The fraction of sp³-hybridized carbons (Fsp3) is 0.308. The van der Waals surface area contributed by atoms with Gasteiger partial charge in [-0.15, -0.1) is 0 Å². The predicted octanol–water partition coefficient (Wildman–Crippen LogP) is 2.24. The van der Waals surface area contributed by atoms with Crippen molar-refractivity contribution >= 4 is 0 Å². The van der Waals surface area contributed by atoms with Gasteiger partial charge in [0.1, 0.15) is 5.75 Å². The van der Waals surface area contributed by atoms with Gasteiger partial charge in [0.15, 0.2) is 0 Å². The maximum atomic E-state index is 9.86. The number of ether oxygens (including phenoxy) is 1. The molecule has 0 bridgehead atoms. The van der Waals surface area contributed by atoms with Crippen LogP contribution < -0.4 is 4.74 Å². The molecule has 0 fully saturated rings. The molecule has 4 nitrogen and oxygen atoms in total. The van der Waals surface area contributed by atoms with Gasteiger partial charge < -0.3 is 9.84 Å². The molecular formula is C13H16N2O2. The van der Waals surface area contributed by atoms with Gasteiger partial charge in [-0.05, 0) is 31.5 Å². The molecule has 2 aromatic rings. The molecule has 0 aliphatic carbocycles. The third-order valence-corrected chi connectivity index (χ3v) is 2.64. The zero-order valence-corrected chi connectivity index (χ0v) is 10.2. The van der Waals surface area contributed by atoms with Gasteiger partial charge in [-0.1, -0.05) is 6.07 Å². The number of nitrogens with zero attached hydrogens (tertiary/aromatic N) is 2. The molecule has 0 saturated carbocycles. The molecule has 0 spiro atoms. The molecule has 1 atom stereocenters. The third kappa shape index (κ3) is 2.17. The van der Waals surface area contributed by atoms with Crippen molar-refractivity contribution < 1.29 is 9.84 Å². The first-order valence-corrected chi connectivity index (χ1v) is 5.50. The smallest absolute Gasteiger partial charge is 0.126 e. The number of aryl methyl sites for hydroxylation is 1. The Hall–Kier alpha value is -1.81. The number of hydrogen-bond donors (Lipinski definition) is 1. The zero-order chi connectivity index (χ0) is 12.4. The molecule has 0 saturated heterocycles. The second-order valence-electron chi connectivity index (χ2n) is 4.03. The van der Waals surface area contributed by atoms with Crippen LogP contribution in [0.25, 0.3) is 5.69 Å². The van der Waals surface area contributed by atoms with Crippen molar-refractivity contribution in [1.29, 1.82) is 0 Å². The highest BCUT2D eigenvalue weighted by Crippen LogP contribution is 2.30. The Morgan fingerprint density at radius 1 is 1.41 bits per heavy atom. The van der Waals surface area contributed by atoms with Crippen LogP contribution in [0.1, 0.15) is 24.2 Å². The molecule has 0 aliphatic heterocycles. The lowest BCUT2D eigenvalue weighted by atomic mass is 10.1. The SMILES string of the molecule is COc1cccc(-n2cc(C)cn2)c1C(C)O. The van der Waals surface area contributed by atoms with Crippen molar-refractivity contribution in [3.8, 4) is 11.4 Å². The molecule has 1 heterocycles. The molecule has 4 heteroatoms. The second-order valence-corrected chi connectivity index (χ2v) is 4.03. The molecule has 1 aromatic carbocycles. The van der Waals surface area contributed by atoms with Crippen LogP contribution >= 0.6 is 0 Å². The van der Waals surface area contributed by atoms with Crippen molar-refractivity contribution in [2.24, 2.45) is 0 Å². The molecule has 0 radical (unpaired) electrons. The fourth-order valence-corrected chi connectivity index (χ4v) is 1.87. The summed E-state index contributed by atoms with van der Waals surface area (Å²) in [6.45, 7) is 3.70. The van der Waals surface area contributed by atoms with E-state index in [9.17, 15) is 5.11 Å². The van der Waals surface area contributed by atoms with Crippen molar-refractivity contribution in [1.82, 2.24) is 9.78 Å². The Labute approximate surface area is 100 Å². The monoisotopic (exact) mass is 232 g/mol. The van der Waals surface area contributed by atoms with E-state index < -0.39 is 6.10 Å². The van der Waals surface area contributed by atoms with Crippen molar-refractivity contribution in [3.63, 3.8) is 0 Å². The average Bonchev–Trinajstić information content (AvgIpc) is 2.74. The topological polar surface area (TPSA) is 47.3 Å². The Bertz CT molecular complexity index is 518. The lowest BCUT2D eigenvalue weighted by Crippen LogP contribution is -2.05. The van der Waals surface area contributed by atoms with E-state index in [4.69, 9.17) is 4.74 Å². The molecule has 1 N–H and O–H groups in total. The molecule has 17 heavy (non-hydrogen) atoms. The zero-order valence-electron chi connectivity index (χ0n) is 10.2. The number of hydrogen-bond acceptors (Lipinski definition) is 3. The number of benzene rings is 1. The van der Waals surface area contributed by atoms with Crippen LogP contribution in [0.15, 0.2) is 30.6 Å². The summed E-state index contributed by atoms with van der Waals surface area (Å²) in [4.78, 5) is 0. The standard InChI is InChI=1S/C13H16N2O2/c1-9-7-14-15(8-9)11-5-4-6-12(17-3)13(11)10(2)16/h4-8,10,16H,1-3H3. The number of aliphatic hydroxyl groups is 1. The average molecular weight is 232 g/mol. The lowest BCUT2D eigenvalue weighted by molar-refractivity contribution is 0.194. The molecule has 1 unspecified atom stereocenters. The van der Waals surface area contributed by atoms with E-state index in [-0.39, 0.29) is 0 Å². The maximum absolute atomic E-state index is 9.86. The van der Waals surface area contributed by atoms with E-state index in [1.165, 1.54) is 0 Å². The van der Waals surface area contributed by atoms with Crippen molar-refractivity contribution in [2.45, 2.75) is 20.0 Å². The van der Waals surface area contributed by atoms with Gasteiger partial charge in [0.2, 0.25) is 0 Å². The summed E-state index contributed by atoms with van der Waals surface area (Å²) in [5.41, 5.74) is 2.66. The summed E-state index contributed by atoms with van der Waals surface area (Å²) >= 11 is 0. The highest BCUT2D eigenvalue weighted by atomic mass is 16.5. The quantitative estimate of drug-likeness (QED) is 0.882. The molecule has 2 rings (SSSR count). The summed E-state index contributed by atoms with van der Waals surface area (Å²) in [5.74, 6) is 0.672. The molecule has 0 amide bonds. The van der Waals surface area contributed by atoms with Crippen LogP contribution in [-0.4, -0.2) is 22.0 Å². The van der Waals surface area contributed by atoms with Gasteiger partial charge in [0, 0.05) is 11.8 Å². The lowest BCUT2D eigenvalue weighted by Gasteiger charge is -2.15. The van der Waals surface area contributed by atoms with Gasteiger partial charge >= 0.3 is 0 Å². The first-order chi connectivity index (χ1) is 8.13.